The van der Waals surface area contributed by atoms with Gasteiger partial charge in [0.25, 0.3) is 0 Å². The first-order valence-corrected chi connectivity index (χ1v) is 6.26. The summed E-state index contributed by atoms with van der Waals surface area (Å²) in [5, 5.41) is 9.38. The summed E-state index contributed by atoms with van der Waals surface area (Å²) in [6.45, 7) is 2.83. The summed E-state index contributed by atoms with van der Waals surface area (Å²) in [7, 11) is 0. The zero-order valence-corrected chi connectivity index (χ0v) is 10.9. The molecule has 1 unspecified atom stereocenters. The molecule has 1 heterocycles. The minimum atomic E-state index is -0.821. The first kappa shape index (κ1) is 13.0. The number of carboxylic acid groups (broad SMARTS) is 1. The number of hydrogen-bond donors (Lipinski definition) is 1. The van der Waals surface area contributed by atoms with Crippen LogP contribution in [0.3, 0.4) is 0 Å². The fraction of sp³-hybridized carbons (Fsp3) is 0.462. The highest BCUT2D eigenvalue weighted by Crippen LogP contribution is 2.38. The largest absolute Gasteiger partial charge is 0.489 e. The van der Waals surface area contributed by atoms with Crippen molar-refractivity contribution in [3.63, 3.8) is 0 Å². The van der Waals surface area contributed by atoms with E-state index in [1.165, 1.54) is 0 Å². The third kappa shape index (κ3) is 2.88. The van der Waals surface area contributed by atoms with E-state index in [0.717, 1.165) is 12.0 Å². The standard InChI is InChI=1S/C13H15ClO4/c1-8(13(15)16)5-9-6-10(14)12-11(7-9)17-3-2-4-18-12/h6-8H,2-5H2,1H3,(H,15,16). The molecule has 4 nitrogen and oxygen atoms in total. The quantitative estimate of drug-likeness (QED) is 0.918. The first-order chi connectivity index (χ1) is 8.58. The van der Waals surface area contributed by atoms with Crippen LogP contribution in [0.2, 0.25) is 5.02 Å². The molecule has 18 heavy (non-hydrogen) atoms. The topological polar surface area (TPSA) is 55.8 Å². The van der Waals surface area contributed by atoms with Crippen molar-refractivity contribution in [3.8, 4) is 11.5 Å². The molecule has 0 fully saturated rings. The van der Waals surface area contributed by atoms with Crippen LogP contribution in [0.15, 0.2) is 12.1 Å². The number of hydrogen-bond acceptors (Lipinski definition) is 3. The molecule has 2 rings (SSSR count). The van der Waals surface area contributed by atoms with Crippen LogP contribution in [-0.4, -0.2) is 24.3 Å². The third-order valence-electron chi connectivity index (χ3n) is 2.83. The van der Waals surface area contributed by atoms with Crippen molar-refractivity contribution in [2.45, 2.75) is 19.8 Å². The van der Waals surface area contributed by atoms with Gasteiger partial charge in [-0.15, -0.1) is 0 Å². The number of fused-ring (bicyclic) bond motifs is 1. The predicted molar refractivity (Wildman–Crippen MR) is 67.6 cm³/mol. The molecule has 98 valence electrons. The maximum absolute atomic E-state index is 10.8. The van der Waals surface area contributed by atoms with Gasteiger partial charge >= 0.3 is 5.97 Å². The van der Waals surface area contributed by atoms with E-state index in [9.17, 15) is 4.79 Å². The number of carbonyl (C=O) groups is 1. The Hall–Kier alpha value is -1.42. The maximum atomic E-state index is 10.8. The highest BCUT2D eigenvalue weighted by atomic mass is 35.5. The lowest BCUT2D eigenvalue weighted by atomic mass is 10.0. The Morgan fingerprint density at radius 2 is 2.17 bits per heavy atom. The molecule has 0 aromatic heterocycles. The fourth-order valence-corrected chi connectivity index (χ4v) is 2.13. The fourth-order valence-electron chi connectivity index (χ4n) is 1.84. The van der Waals surface area contributed by atoms with Crippen LogP contribution >= 0.6 is 11.6 Å². The zero-order chi connectivity index (χ0) is 13.1. The number of benzene rings is 1. The normalized spacial score (nSPS) is 15.9. The Labute approximate surface area is 110 Å². The lowest BCUT2D eigenvalue weighted by Gasteiger charge is -2.12. The first-order valence-electron chi connectivity index (χ1n) is 5.88. The highest BCUT2D eigenvalue weighted by Gasteiger charge is 2.18. The van der Waals surface area contributed by atoms with E-state index in [-0.39, 0.29) is 0 Å². The molecule has 0 radical (unpaired) electrons. The molecule has 0 aliphatic carbocycles. The van der Waals surface area contributed by atoms with Gasteiger partial charge in [-0.3, -0.25) is 4.79 Å². The molecule has 1 aromatic rings. The number of ether oxygens (including phenoxy) is 2. The summed E-state index contributed by atoms with van der Waals surface area (Å²) in [6, 6.07) is 3.56. The summed E-state index contributed by atoms with van der Waals surface area (Å²) in [6.07, 6.45) is 1.23. The van der Waals surface area contributed by atoms with E-state index >= 15 is 0 Å². The van der Waals surface area contributed by atoms with Gasteiger partial charge in [0.2, 0.25) is 0 Å². The summed E-state index contributed by atoms with van der Waals surface area (Å²) in [4.78, 5) is 10.8. The van der Waals surface area contributed by atoms with Crippen LogP contribution < -0.4 is 9.47 Å². The Bertz CT molecular complexity index is 459. The Morgan fingerprint density at radius 1 is 1.44 bits per heavy atom. The second-order valence-electron chi connectivity index (χ2n) is 4.40. The second kappa shape index (κ2) is 5.48. The van der Waals surface area contributed by atoms with Gasteiger partial charge < -0.3 is 14.6 Å². The van der Waals surface area contributed by atoms with E-state index in [0.29, 0.717) is 36.2 Å². The molecule has 0 saturated carbocycles. The van der Waals surface area contributed by atoms with Crippen LogP contribution in [0, 0.1) is 5.92 Å². The molecule has 5 heteroatoms. The zero-order valence-electron chi connectivity index (χ0n) is 10.1. The van der Waals surface area contributed by atoms with Gasteiger partial charge in [0, 0.05) is 6.42 Å². The van der Waals surface area contributed by atoms with E-state index in [1.54, 1.807) is 13.0 Å². The van der Waals surface area contributed by atoms with Gasteiger partial charge in [-0.2, -0.15) is 0 Å². The molecule has 0 bridgehead atoms. The summed E-state index contributed by atoms with van der Waals surface area (Å²) in [5.41, 5.74) is 0.846. The van der Waals surface area contributed by atoms with E-state index < -0.39 is 11.9 Å². The molecule has 0 spiro atoms. The van der Waals surface area contributed by atoms with Crippen molar-refractivity contribution in [3.05, 3.63) is 22.7 Å². The van der Waals surface area contributed by atoms with Crippen molar-refractivity contribution in [2.75, 3.05) is 13.2 Å². The van der Waals surface area contributed by atoms with Gasteiger partial charge in [0.1, 0.15) is 0 Å². The second-order valence-corrected chi connectivity index (χ2v) is 4.81. The summed E-state index contributed by atoms with van der Waals surface area (Å²) >= 11 is 6.13. The number of rotatable bonds is 3. The lowest BCUT2D eigenvalue weighted by Crippen LogP contribution is -2.12. The van der Waals surface area contributed by atoms with Gasteiger partial charge in [-0.05, 0) is 24.1 Å². The van der Waals surface area contributed by atoms with Crippen molar-refractivity contribution >= 4 is 17.6 Å². The minimum absolute atomic E-state index is 0.422. The Kier molecular flexibility index (Phi) is 3.97. The smallest absolute Gasteiger partial charge is 0.306 e. The van der Waals surface area contributed by atoms with Gasteiger partial charge in [-0.1, -0.05) is 18.5 Å². The minimum Gasteiger partial charge on any atom is -0.489 e. The number of aliphatic carboxylic acids is 1. The maximum Gasteiger partial charge on any atom is 0.306 e. The average molecular weight is 271 g/mol. The van der Waals surface area contributed by atoms with Crippen LogP contribution in [0.5, 0.6) is 11.5 Å². The molecular formula is C13H15ClO4. The van der Waals surface area contributed by atoms with Crippen molar-refractivity contribution in [1.29, 1.82) is 0 Å². The predicted octanol–water partition coefficient (Wildman–Crippen LogP) is 2.76. The number of carboxylic acids is 1. The molecule has 1 N–H and O–H groups in total. The lowest BCUT2D eigenvalue weighted by molar-refractivity contribution is -0.141. The molecule has 1 aliphatic rings. The summed E-state index contributed by atoms with van der Waals surface area (Å²) < 4.78 is 11.1. The molecular weight excluding hydrogens is 256 g/mol. The Balaban J connectivity index is 2.26. The molecule has 1 aromatic carbocycles. The van der Waals surface area contributed by atoms with E-state index in [4.69, 9.17) is 26.2 Å². The van der Waals surface area contributed by atoms with Gasteiger partial charge in [0.15, 0.2) is 11.5 Å². The number of halogens is 1. The SMILES string of the molecule is CC(Cc1cc(Cl)c2c(c1)OCCCO2)C(=O)O. The van der Waals surface area contributed by atoms with Crippen molar-refractivity contribution < 1.29 is 19.4 Å². The monoisotopic (exact) mass is 270 g/mol. The molecule has 0 saturated heterocycles. The van der Waals surface area contributed by atoms with Gasteiger partial charge in [0.05, 0.1) is 24.2 Å². The van der Waals surface area contributed by atoms with E-state index in [2.05, 4.69) is 0 Å². The van der Waals surface area contributed by atoms with Gasteiger partial charge in [-0.25, -0.2) is 0 Å². The molecule has 0 amide bonds. The van der Waals surface area contributed by atoms with Crippen LogP contribution in [0.25, 0.3) is 0 Å². The Morgan fingerprint density at radius 3 is 2.89 bits per heavy atom. The van der Waals surface area contributed by atoms with Crippen LogP contribution in [0.1, 0.15) is 18.9 Å². The average Bonchev–Trinajstić information content (AvgIpc) is 2.54. The van der Waals surface area contributed by atoms with Crippen molar-refractivity contribution in [2.24, 2.45) is 5.92 Å². The van der Waals surface area contributed by atoms with Crippen LogP contribution in [-0.2, 0) is 11.2 Å². The molecule has 1 aliphatic heterocycles. The van der Waals surface area contributed by atoms with Crippen molar-refractivity contribution in [1.82, 2.24) is 0 Å². The highest BCUT2D eigenvalue weighted by molar-refractivity contribution is 6.32. The summed E-state index contributed by atoms with van der Waals surface area (Å²) in [5.74, 6) is -0.113. The third-order valence-corrected chi connectivity index (χ3v) is 3.11. The van der Waals surface area contributed by atoms with E-state index in [1.807, 2.05) is 6.07 Å². The van der Waals surface area contributed by atoms with Crippen LogP contribution in [0.4, 0.5) is 0 Å². The molecule has 1 atom stereocenters.